The highest BCUT2D eigenvalue weighted by atomic mass is 35.5. The number of thiophene rings is 1. The number of hydrogen-bond donors (Lipinski definition) is 2. The van der Waals surface area contributed by atoms with E-state index in [4.69, 9.17) is 11.6 Å². The Morgan fingerprint density at radius 2 is 1.73 bits per heavy atom. The summed E-state index contributed by atoms with van der Waals surface area (Å²) in [5.74, 6) is -0.589. The standard InChI is InChI=1S/C20H17ClN2O2S/c1-12-5-7-15(10-13(12)2)22-19(24)16-8-6-14(21)11-17(16)23-20(25)18-4-3-9-26-18/h3-11H,1-2H3,(H,22,24)(H,23,25). The smallest absolute Gasteiger partial charge is 0.265 e. The summed E-state index contributed by atoms with van der Waals surface area (Å²) in [4.78, 5) is 25.6. The highest BCUT2D eigenvalue weighted by molar-refractivity contribution is 7.12. The van der Waals surface area contributed by atoms with Crippen LogP contribution in [0.3, 0.4) is 0 Å². The third-order valence-corrected chi connectivity index (χ3v) is 5.09. The molecule has 0 aliphatic rings. The zero-order valence-corrected chi connectivity index (χ0v) is 15.9. The molecule has 0 aliphatic carbocycles. The van der Waals surface area contributed by atoms with Gasteiger partial charge in [-0.25, -0.2) is 0 Å². The Labute approximate surface area is 160 Å². The first-order chi connectivity index (χ1) is 12.4. The molecule has 1 aromatic heterocycles. The molecular formula is C20H17ClN2O2S. The lowest BCUT2D eigenvalue weighted by Gasteiger charge is -2.12. The fraction of sp³-hybridized carbons (Fsp3) is 0.100. The van der Waals surface area contributed by atoms with Gasteiger partial charge in [0.2, 0.25) is 0 Å². The maximum atomic E-state index is 12.7. The molecule has 0 atom stereocenters. The molecule has 0 fully saturated rings. The Kier molecular flexibility index (Phi) is 5.40. The maximum Gasteiger partial charge on any atom is 0.265 e. The highest BCUT2D eigenvalue weighted by Gasteiger charge is 2.16. The number of rotatable bonds is 4. The average Bonchev–Trinajstić information content (AvgIpc) is 3.13. The number of nitrogens with one attached hydrogen (secondary N) is 2. The number of aryl methyl sites for hydroxylation is 2. The molecule has 2 amide bonds. The molecule has 0 saturated heterocycles. The molecule has 0 saturated carbocycles. The van der Waals surface area contributed by atoms with Crippen LogP contribution < -0.4 is 10.6 Å². The zero-order valence-electron chi connectivity index (χ0n) is 14.3. The van der Waals surface area contributed by atoms with Crippen LogP contribution in [0.5, 0.6) is 0 Å². The first-order valence-electron chi connectivity index (χ1n) is 7.97. The fourth-order valence-electron chi connectivity index (χ4n) is 2.43. The Bertz CT molecular complexity index is 968. The number of halogens is 1. The lowest BCUT2D eigenvalue weighted by atomic mass is 10.1. The largest absolute Gasteiger partial charge is 0.322 e. The van der Waals surface area contributed by atoms with E-state index in [0.29, 0.717) is 26.8 Å². The molecule has 3 rings (SSSR count). The first kappa shape index (κ1) is 18.2. The molecule has 0 bridgehead atoms. The van der Waals surface area contributed by atoms with Gasteiger partial charge in [0.05, 0.1) is 16.1 Å². The minimum absolute atomic E-state index is 0.275. The molecule has 4 nitrogen and oxygen atoms in total. The molecule has 0 aliphatic heterocycles. The van der Waals surface area contributed by atoms with E-state index in [0.717, 1.165) is 11.1 Å². The summed E-state index contributed by atoms with van der Waals surface area (Å²) in [5, 5.41) is 7.89. The number of anilines is 2. The Morgan fingerprint density at radius 1 is 0.923 bits per heavy atom. The van der Waals surface area contributed by atoms with Crippen molar-refractivity contribution in [3.8, 4) is 0 Å². The van der Waals surface area contributed by atoms with Crippen molar-refractivity contribution in [3.05, 3.63) is 80.5 Å². The topological polar surface area (TPSA) is 58.2 Å². The van der Waals surface area contributed by atoms with Crippen LogP contribution in [0.1, 0.15) is 31.2 Å². The molecule has 0 spiro atoms. The third kappa shape index (κ3) is 4.12. The monoisotopic (exact) mass is 384 g/mol. The third-order valence-electron chi connectivity index (χ3n) is 3.98. The number of carbonyl (C=O) groups is 2. The van der Waals surface area contributed by atoms with E-state index < -0.39 is 0 Å². The van der Waals surface area contributed by atoms with Gasteiger partial charge >= 0.3 is 0 Å². The van der Waals surface area contributed by atoms with Gasteiger partial charge < -0.3 is 10.6 Å². The summed E-state index contributed by atoms with van der Waals surface area (Å²) < 4.78 is 0. The average molecular weight is 385 g/mol. The SMILES string of the molecule is Cc1ccc(NC(=O)c2ccc(Cl)cc2NC(=O)c2cccs2)cc1C. The van der Waals surface area contributed by atoms with Crippen LogP contribution in [0.15, 0.2) is 53.9 Å². The van der Waals surface area contributed by atoms with Crippen LogP contribution in [0.4, 0.5) is 11.4 Å². The predicted octanol–water partition coefficient (Wildman–Crippen LogP) is 5.52. The lowest BCUT2D eigenvalue weighted by Crippen LogP contribution is -2.18. The summed E-state index contributed by atoms with van der Waals surface area (Å²) in [6, 6.07) is 14.0. The highest BCUT2D eigenvalue weighted by Crippen LogP contribution is 2.24. The molecule has 2 N–H and O–H groups in total. The molecule has 0 radical (unpaired) electrons. The van der Waals surface area contributed by atoms with E-state index in [9.17, 15) is 9.59 Å². The van der Waals surface area contributed by atoms with Gasteiger partial charge in [-0.1, -0.05) is 23.7 Å². The van der Waals surface area contributed by atoms with Crippen molar-refractivity contribution in [2.45, 2.75) is 13.8 Å². The number of benzene rings is 2. The van der Waals surface area contributed by atoms with Gasteiger partial charge in [-0.2, -0.15) is 0 Å². The van der Waals surface area contributed by atoms with Crippen LogP contribution >= 0.6 is 22.9 Å². The molecule has 2 aromatic carbocycles. The molecule has 1 heterocycles. The summed E-state index contributed by atoms with van der Waals surface area (Å²) in [7, 11) is 0. The lowest BCUT2D eigenvalue weighted by molar-refractivity contribution is 0.102. The Hall–Kier alpha value is -2.63. The summed E-state index contributed by atoms with van der Waals surface area (Å²) >= 11 is 7.38. The van der Waals surface area contributed by atoms with Crippen LogP contribution in [0.25, 0.3) is 0 Å². The van der Waals surface area contributed by atoms with Crippen LogP contribution in [-0.4, -0.2) is 11.8 Å². The van der Waals surface area contributed by atoms with Crippen molar-refractivity contribution in [2.24, 2.45) is 0 Å². The van der Waals surface area contributed by atoms with E-state index in [2.05, 4.69) is 10.6 Å². The van der Waals surface area contributed by atoms with E-state index in [-0.39, 0.29) is 11.8 Å². The zero-order chi connectivity index (χ0) is 18.7. The van der Waals surface area contributed by atoms with Crippen LogP contribution in [0.2, 0.25) is 5.02 Å². The molecule has 3 aromatic rings. The van der Waals surface area contributed by atoms with Crippen molar-refractivity contribution in [3.63, 3.8) is 0 Å². The van der Waals surface area contributed by atoms with Gasteiger partial charge in [-0.15, -0.1) is 11.3 Å². The second-order valence-corrected chi connectivity index (χ2v) is 7.26. The number of carbonyl (C=O) groups excluding carboxylic acids is 2. The van der Waals surface area contributed by atoms with Crippen molar-refractivity contribution in [1.29, 1.82) is 0 Å². The van der Waals surface area contributed by atoms with Gasteiger partial charge in [0.1, 0.15) is 0 Å². The van der Waals surface area contributed by atoms with Crippen LogP contribution in [0, 0.1) is 13.8 Å². The van der Waals surface area contributed by atoms with Gasteiger partial charge in [-0.05, 0) is 66.8 Å². The minimum atomic E-state index is -0.314. The summed E-state index contributed by atoms with van der Waals surface area (Å²) in [6.07, 6.45) is 0. The molecular weight excluding hydrogens is 368 g/mol. The van der Waals surface area contributed by atoms with Gasteiger partial charge in [0.15, 0.2) is 0 Å². The van der Waals surface area contributed by atoms with Crippen LogP contribution in [-0.2, 0) is 0 Å². The van der Waals surface area contributed by atoms with Crippen molar-refractivity contribution in [1.82, 2.24) is 0 Å². The van der Waals surface area contributed by atoms with Crippen molar-refractivity contribution in [2.75, 3.05) is 10.6 Å². The maximum absolute atomic E-state index is 12.7. The van der Waals surface area contributed by atoms with E-state index >= 15 is 0 Å². The molecule has 26 heavy (non-hydrogen) atoms. The van der Waals surface area contributed by atoms with E-state index in [1.165, 1.54) is 11.3 Å². The first-order valence-corrected chi connectivity index (χ1v) is 9.23. The minimum Gasteiger partial charge on any atom is -0.322 e. The second-order valence-electron chi connectivity index (χ2n) is 5.87. The van der Waals surface area contributed by atoms with Gasteiger partial charge in [0, 0.05) is 10.7 Å². The fourth-order valence-corrected chi connectivity index (χ4v) is 3.22. The second kappa shape index (κ2) is 7.72. The van der Waals surface area contributed by atoms with E-state index in [1.54, 1.807) is 30.3 Å². The van der Waals surface area contributed by atoms with Crippen molar-refractivity contribution >= 4 is 46.1 Å². The molecule has 132 valence electrons. The number of hydrogen-bond acceptors (Lipinski definition) is 3. The summed E-state index contributed by atoms with van der Waals surface area (Å²) in [5.41, 5.74) is 3.65. The quantitative estimate of drug-likeness (QED) is 0.621. The Balaban J connectivity index is 1.85. The van der Waals surface area contributed by atoms with E-state index in [1.807, 2.05) is 37.4 Å². The Morgan fingerprint density at radius 3 is 2.42 bits per heavy atom. The van der Waals surface area contributed by atoms with Gasteiger partial charge in [0.25, 0.3) is 11.8 Å². The van der Waals surface area contributed by atoms with Gasteiger partial charge in [-0.3, -0.25) is 9.59 Å². The predicted molar refractivity (Wildman–Crippen MR) is 108 cm³/mol. The summed E-state index contributed by atoms with van der Waals surface area (Å²) in [6.45, 7) is 4.00. The molecule has 6 heteroatoms. The normalized spacial score (nSPS) is 10.4. The molecule has 0 unspecified atom stereocenters. The number of amides is 2. The van der Waals surface area contributed by atoms with Crippen molar-refractivity contribution < 1.29 is 9.59 Å².